The Kier molecular flexibility index (Phi) is 2.49. The van der Waals surface area contributed by atoms with Crippen LogP contribution in [0.4, 0.5) is 0 Å². The van der Waals surface area contributed by atoms with Gasteiger partial charge in [0.25, 0.3) is 0 Å². The van der Waals surface area contributed by atoms with Crippen molar-refractivity contribution < 1.29 is 9.59 Å². The van der Waals surface area contributed by atoms with Crippen LogP contribution >= 0.6 is 8.58 Å². The highest BCUT2D eigenvalue weighted by Gasteiger charge is 2.08. The van der Waals surface area contributed by atoms with Crippen molar-refractivity contribution in [2.45, 2.75) is 6.92 Å². The van der Waals surface area contributed by atoms with Gasteiger partial charge in [-0.3, -0.25) is 9.59 Å². The molecule has 1 aromatic heterocycles. The van der Waals surface area contributed by atoms with E-state index in [1.54, 1.807) is 0 Å². The third-order valence-electron chi connectivity index (χ3n) is 1.19. The molecular formula is C6H7N2O2P. The molecule has 5 heteroatoms. The molecule has 0 aliphatic carbocycles. The molecular weight excluding hydrogens is 163 g/mol. The number of imidazole rings is 1. The van der Waals surface area contributed by atoms with Gasteiger partial charge in [0.15, 0.2) is 5.78 Å². The first-order valence-corrected chi connectivity index (χ1v) is 4.08. The van der Waals surface area contributed by atoms with E-state index >= 15 is 0 Å². The van der Waals surface area contributed by atoms with E-state index in [9.17, 15) is 9.59 Å². The lowest BCUT2D eigenvalue weighted by Gasteiger charge is -1.90. The van der Waals surface area contributed by atoms with Crippen LogP contribution in [0, 0.1) is 0 Å². The Hall–Kier alpha value is -1.02. The molecule has 0 amide bonds. The molecule has 11 heavy (non-hydrogen) atoms. The summed E-state index contributed by atoms with van der Waals surface area (Å²) >= 11 is 0. The number of hydrogen-bond acceptors (Lipinski definition) is 3. The van der Waals surface area contributed by atoms with Gasteiger partial charge in [-0.25, -0.2) is 4.98 Å². The van der Waals surface area contributed by atoms with Gasteiger partial charge < -0.3 is 4.98 Å². The molecule has 1 heterocycles. The highest BCUT2D eigenvalue weighted by Crippen LogP contribution is 2.05. The molecule has 1 atom stereocenters. The minimum atomic E-state index is -0.0909. The molecule has 1 N–H and O–H groups in total. The van der Waals surface area contributed by atoms with Crippen LogP contribution in [0.3, 0.4) is 0 Å². The SMILES string of the molecule is CC(=O)c1[nH]cnc1PC=O. The fourth-order valence-electron chi connectivity index (χ4n) is 0.728. The summed E-state index contributed by atoms with van der Waals surface area (Å²) in [6.07, 6.45) is 1.42. The number of H-pyrrole nitrogens is 1. The largest absolute Gasteiger partial charge is 0.342 e. The lowest BCUT2D eigenvalue weighted by atomic mass is 10.3. The van der Waals surface area contributed by atoms with Crippen LogP contribution in [0.15, 0.2) is 6.33 Å². The van der Waals surface area contributed by atoms with Crippen LogP contribution in [0.25, 0.3) is 0 Å². The van der Waals surface area contributed by atoms with E-state index < -0.39 is 0 Å². The van der Waals surface area contributed by atoms with Crippen LogP contribution in [-0.2, 0) is 4.79 Å². The Morgan fingerprint density at radius 2 is 2.55 bits per heavy atom. The number of aromatic nitrogens is 2. The van der Waals surface area contributed by atoms with E-state index in [0.717, 1.165) is 6.03 Å². The van der Waals surface area contributed by atoms with Gasteiger partial charge in [0.1, 0.15) is 11.7 Å². The van der Waals surface area contributed by atoms with Crippen LogP contribution in [0.2, 0.25) is 0 Å². The quantitative estimate of drug-likeness (QED) is 0.397. The number of Topliss-reactive ketones (excluding diaryl/α,β-unsaturated/α-hetero) is 1. The first kappa shape index (κ1) is 8.08. The molecule has 4 nitrogen and oxygen atoms in total. The number of hydrogen-bond donors (Lipinski definition) is 1. The lowest BCUT2D eigenvalue weighted by Crippen LogP contribution is -2.07. The summed E-state index contributed by atoms with van der Waals surface area (Å²) in [6, 6.07) is 0.753. The maximum atomic E-state index is 10.8. The van der Waals surface area contributed by atoms with E-state index in [0.29, 0.717) is 11.1 Å². The summed E-state index contributed by atoms with van der Waals surface area (Å²) in [5.41, 5.74) is 0.989. The van der Waals surface area contributed by atoms with Gasteiger partial charge in [-0.1, -0.05) is 0 Å². The summed E-state index contributed by atoms with van der Waals surface area (Å²) in [6.45, 7) is 1.44. The Morgan fingerprint density at radius 1 is 1.82 bits per heavy atom. The molecule has 0 saturated heterocycles. The topological polar surface area (TPSA) is 62.8 Å². The number of ketones is 1. The first-order valence-electron chi connectivity index (χ1n) is 3.00. The lowest BCUT2D eigenvalue weighted by molar-refractivity contribution is 0.101. The molecule has 0 saturated carbocycles. The molecule has 0 aromatic carbocycles. The van der Waals surface area contributed by atoms with Gasteiger partial charge in [-0.2, -0.15) is 0 Å². The minimum absolute atomic E-state index is 0.0406. The number of aromatic amines is 1. The van der Waals surface area contributed by atoms with Crippen LogP contribution in [0.5, 0.6) is 0 Å². The van der Waals surface area contributed by atoms with Crippen molar-refractivity contribution in [3.05, 3.63) is 12.0 Å². The molecule has 1 unspecified atom stereocenters. The minimum Gasteiger partial charge on any atom is -0.342 e. The van der Waals surface area contributed by atoms with Crippen molar-refractivity contribution in [1.82, 2.24) is 9.97 Å². The van der Waals surface area contributed by atoms with Crippen molar-refractivity contribution in [1.29, 1.82) is 0 Å². The molecule has 0 aliphatic rings. The second-order valence-electron chi connectivity index (χ2n) is 1.94. The Morgan fingerprint density at radius 3 is 3.09 bits per heavy atom. The normalized spacial score (nSPS) is 10.6. The van der Waals surface area contributed by atoms with Gasteiger partial charge in [0.2, 0.25) is 0 Å². The third-order valence-corrected chi connectivity index (χ3v) is 1.96. The Bertz CT molecular complexity index is 282. The fraction of sp³-hybridized carbons (Fsp3) is 0.167. The Balaban J connectivity index is 2.95. The zero-order valence-corrected chi connectivity index (χ0v) is 6.92. The Labute approximate surface area is 65.2 Å². The van der Waals surface area contributed by atoms with E-state index in [1.807, 2.05) is 0 Å². The second-order valence-corrected chi connectivity index (χ2v) is 2.94. The summed E-state index contributed by atoms with van der Waals surface area (Å²) in [7, 11) is -0.0406. The molecule has 1 rings (SSSR count). The van der Waals surface area contributed by atoms with Crippen LogP contribution < -0.4 is 5.44 Å². The van der Waals surface area contributed by atoms with E-state index in [1.165, 1.54) is 13.3 Å². The van der Waals surface area contributed by atoms with Crippen LogP contribution in [-0.4, -0.2) is 21.8 Å². The van der Waals surface area contributed by atoms with Gasteiger partial charge >= 0.3 is 0 Å². The number of carbonyl (C=O) groups excluding carboxylic acids is 2. The monoisotopic (exact) mass is 170 g/mol. The average Bonchev–Trinajstić information content (AvgIpc) is 2.36. The van der Waals surface area contributed by atoms with Crippen molar-refractivity contribution in [3.8, 4) is 0 Å². The zero-order valence-electron chi connectivity index (χ0n) is 5.92. The second kappa shape index (κ2) is 3.39. The number of nitrogens with zero attached hydrogens (tertiary/aromatic N) is 1. The maximum absolute atomic E-state index is 10.8. The summed E-state index contributed by atoms with van der Waals surface area (Å²) < 4.78 is 0. The highest BCUT2D eigenvalue weighted by atomic mass is 31.1. The van der Waals surface area contributed by atoms with Crippen molar-refractivity contribution in [3.63, 3.8) is 0 Å². The van der Waals surface area contributed by atoms with Gasteiger partial charge in [0.05, 0.1) is 11.8 Å². The van der Waals surface area contributed by atoms with Crippen molar-refractivity contribution >= 4 is 25.8 Å². The van der Waals surface area contributed by atoms with Crippen molar-refractivity contribution in [2.75, 3.05) is 0 Å². The predicted molar refractivity (Wildman–Crippen MR) is 43.3 cm³/mol. The van der Waals surface area contributed by atoms with E-state index in [2.05, 4.69) is 9.97 Å². The molecule has 0 bridgehead atoms. The molecule has 1 aromatic rings. The van der Waals surface area contributed by atoms with E-state index in [4.69, 9.17) is 0 Å². The average molecular weight is 170 g/mol. The molecule has 0 spiro atoms. The smallest absolute Gasteiger partial charge is 0.178 e. The summed E-state index contributed by atoms with van der Waals surface area (Å²) in [5, 5.41) is 0. The predicted octanol–water partition coefficient (Wildman–Crippen LogP) is 0.106. The number of rotatable bonds is 3. The number of nitrogens with one attached hydrogen (secondary N) is 1. The standard InChI is InChI=1S/C6H7N2O2P/c1-4(10)5-6(11-3-9)8-2-7-5/h2-3,11H,1H3,(H,7,8). The molecule has 58 valence electrons. The van der Waals surface area contributed by atoms with Crippen molar-refractivity contribution in [2.24, 2.45) is 0 Å². The van der Waals surface area contributed by atoms with Gasteiger partial charge in [-0.15, -0.1) is 0 Å². The molecule has 0 fully saturated rings. The summed E-state index contributed by atoms with van der Waals surface area (Å²) in [4.78, 5) is 27.4. The zero-order chi connectivity index (χ0) is 8.27. The maximum Gasteiger partial charge on any atom is 0.178 e. The molecule has 0 radical (unpaired) electrons. The van der Waals surface area contributed by atoms with Gasteiger partial charge in [-0.05, 0) is 8.58 Å². The summed E-state index contributed by atoms with van der Waals surface area (Å²) in [5.74, 6) is -0.0909. The van der Waals surface area contributed by atoms with Gasteiger partial charge in [0, 0.05) is 6.92 Å². The number of carbonyl (C=O) groups is 2. The first-order chi connectivity index (χ1) is 5.25. The highest BCUT2D eigenvalue weighted by molar-refractivity contribution is 7.62. The van der Waals surface area contributed by atoms with E-state index in [-0.39, 0.29) is 14.4 Å². The third kappa shape index (κ3) is 1.71. The molecule has 0 aliphatic heterocycles. The fourth-order valence-corrected chi connectivity index (χ4v) is 1.37. The van der Waals surface area contributed by atoms with Crippen LogP contribution in [0.1, 0.15) is 17.4 Å².